The number of likely N-dealkylation sites (N-methyl/N-ethyl adjacent to an activating group) is 1. The van der Waals surface area contributed by atoms with Gasteiger partial charge >= 0.3 is 0 Å². The van der Waals surface area contributed by atoms with Gasteiger partial charge in [0.05, 0.1) is 0 Å². The molecule has 0 aromatic carbocycles. The number of carbonyl (C=O) groups is 2. The van der Waals surface area contributed by atoms with E-state index in [4.69, 9.17) is 0 Å². The Morgan fingerprint density at radius 2 is 2.17 bits per heavy atom. The van der Waals surface area contributed by atoms with Gasteiger partial charge in [-0.25, -0.2) is 4.98 Å². The van der Waals surface area contributed by atoms with Crippen molar-refractivity contribution in [1.82, 2.24) is 19.4 Å². The molecule has 0 saturated carbocycles. The number of aromatic nitrogens is 2. The summed E-state index contributed by atoms with van der Waals surface area (Å²) in [4.78, 5) is 32.0. The summed E-state index contributed by atoms with van der Waals surface area (Å²) in [5.41, 5.74) is 1.94. The van der Waals surface area contributed by atoms with Crippen LogP contribution in [0.15, 0.2) is 24.4 Å². The van der Waals surface area contributed by atoms with Gasteiger partial charge in [-0.2, -0.15) is 0 Å². The van der Waals surface area contributed by atoms with Gasteiger partial charge in [0.25, 0.3) is 0 Å². The molecule has 0 bridgehead atoms. The summed E-state index contributed by atoms with van der Waals surface area (Å²) in [7, 11) is 3.53. The standard InChI is InChI=1S/C18H24N4O2/c1-13(23)21-9-5-7-15(11-21)16-10-14-6-4-8-19-18(14)22(16)12-17(24)20(2)3/h4,6,8,10,15H,5,7,9,11-12H2,1-3H3/t15-/m1/s1. The van der Waals surface area contributed by atoms with Crippen molar-refractivity contribution >= 4 is 22.8 Å². The lowest BCUT2D eigenvalue weighted by molar-refractivity contribution is -0.130. The van der Waals surface area contributed by atoms with Crippen LogP contribution in [0.5, 0.6) is 0 Å². The Morgan fingerprint density at radius 1 is 1.38 bits per heavy atom. The average Bonchev–Trinajstić information content (AvgIpc) is 2.93. The minimum absolute atomic E-state index is 0.0404. The van der Waals surface area contributed by atoms with E-state index < -0.39 is 0 Å². The lowest BCUT2D eigenvalue weighted by atomic mass is 9.94. The molecule has 0 unspecified atom stereocenters. The molecule has 6 heteroatoms. The Bertz CT molecular complexity index is 765. The van der Waals surface area contributed by atoms with E-state index in [-0.39, 0.29) is 24.3 Å². The summed E-state index contributed by atoms with van der Waals surface area (Å²) in [6.45, 7) is 3.43. The molecule has 1 fully saturated rings. The highest BCUT2D eigenvalue weighted by molar-refractivity contribution is 5.82. The van der Waals surface area contributed by atoms with Gasteiger partial charge in [-0.3, -0.25) is 9.59 Å². The zero-order valence-electron chi connectivity index (χ0n) is 14.5. The van der Waals surface area contributed by atoms with Crippen LogP contribution in [0.4, 0.5) is 0 Å². The van der Waals surface area contributed by atoms with Gasteiger partial charge in [0.15, 0.2) is 0 Å². The molecule has 2 aromatic rings. The molecule has 6 nitrogen and oxygen atoms in total. The largest absolute Gasteiger partial charge is 0.347 e. The molecule has 3 heterocycles. The predicted molar refractivity (Wildman–Crippen MR) is 92.7 cm³/mol. The van der Waals surface area contributed by atoms with Gasteiger partial charge < -0.3 is 14.4 Å². The van der Waals surface area contributed by atoms with Crippen LogP contribution < -0.4 is 0 Å². The van der Waals surface area contributed by atoms with Crippen LogP contribution in [0.2, 0.25) is 0 Å². The zero-order valence-corrected chi connectivity index (χ0v) is 14.5. The van der Waals surface area contributed by atoms with Gasteiger partial charge in [-0.05, 0) is 31.0 Å². The van der Waals surface area contributed by atoms with Gasteiger partial charge in [0, 0.05) is 57.3 Å². The van der Waals surface area contributed by atoms with Crippen molar-refractivity contribution in [1.29, 1.82) is 0 Å². The summed E-state index contributed by atoms with van der Waals surface area (Å²) in [6, 6.07) is 6.06. The van der Waals surface area contributed by atoms with Crippen molar-refractivity contribution in [3.63, 3.8) is 0 Å². The molecule has 24 heavy (non-hydrogen) atoms. The summed E-state index contributed by atoms with van der Waals surface area (Å²) in [5, 5.41) is 1.04. The number of piperidine rings is 1. The van der Waals surface area contributed by atoms with Gasteiger partial charge in [-0.1, -0.05) is 0 Å². The maximum atomic E-state index is 12.3. The van der Waals surface area contributed by atoms with E-state index in [1.165, 1.54) is 0 Å². The number of pyridine rings is 1. The van der Waals surface area contributed by atoms with E-state index in [0.717, 1.165) is 36.1 Å². The Kier molecular flexibility index (Phi) is 4.55. The predicted octanol–water partition coefficient (Wildman–Crippen LogP) is 1.85. The number of likely N-dealkylation sites (tertiary alicyclic amines) is 1. The lowest BCUT2D eigenvalue weighted by Gasteiger charge is -2.32. The summed E-state index contributed by atoms with van der Waals surface area (Å²) < 4.78 is 2.02. The van der Waals surface area contributed by atoms with Crippen LogP contribution in [-0.4, -0.2) is 58.4 Å². The first-order valence-corrected chi connectivity index (χ1v) is 8.37. The van der Waals surface area contributed by atoms with E-state index in [0.29, 0.717) is 6.54 Å². The van der Waals surface area contributed by atoms with E-state index in [1.54, 1.807) is 32.1 Å². The fourth-order valence-corrected chi connectivity index (χ4v) is 3.39. The Hall–Kier alpha value is -2.37. The van der Waals surface area contributed by atoms with E-state index in [2.05, 4.69) is 11.1 Å². The molecular weight excluding hydrogens is 304 g/mol. The third-order valence-corrected chi connectivity index (χ3v) is 4.76. The molecular formula is C18H24N4O2. The summed E-state index contributed by atoms with van der Waals surface area (Å²) >= 11 is 0. The van der Waals surface area contributed by atoms with Crippen molar-refractivity contribution in [2.24, 2.45) is 0 Å². The first-order chi connectivity index (χ1) is 11.5. The fraction of sp³-hybridized carbons (Fsp3) is 0.500. The molecule has 0 radical (unpaired) electrons. The number of hydrogen-bond donors (Lipinski definition) is 0. The van der Waals surface area contributed by atoms with Crippen molar-refractivity contribution in [2.75, 3.05) is 27.2 Å². The summed E-state index contributed by atoms with van der Waals surface area (Å²) in [6.07, 6.45) is 3.77. The van der Waals surface area contributed by atoms with Crippen molar-refractivity contribution < 1.29 is 9.59 Å². The lowest BCUT2D eigenvalue weighted by Crippen LogP contribution is -2.38. The third-order valence-electron chi connectivity index (χ3n) is 4.76. The number of fused-ring (bicyclic) bond motifs is 1. The molecule has 1 saturated heterocycles. The Labute approximate surface area is 142 Å². The number of nitrogens with zero attached hydrogens (tertiary/aromatic N) is 4. The molecule has 1 atom stereocenters. The fourth-order valence-electron chi connectivity index (χ4n) is 3.39. The SMILES string of the molecule is CC(=O)N1CCC[C@@H](c2cc3cccnc3n2CC(=O)N(C)C)C1. The van der Waals surface area contributed by atoms with E-state index >= 15 is 0 Å². The first-order valence-electron chi connectivity index (χ1n) is 8.37. The monoisotopic (exact) mass is 328 g/mol. The maximum absolute atomic E-state index is 12.3. The van der Waals surface area contributed by atoms with Crippen molar-refractivity contribution in [3.05, 3.63) is 30.1 Å². The third kappa shape index (κ3) is 3.13. The first kappa shape index (κ1) is 16.5. The van der Waals surface area contributed by atoms with E-state index in [1.807, 2.05) is 21.6 Å². The number of carbonyl (C=O) groups excluding carboxylic acids is 2. The molecule has 2 aromatic heterocycles. The molecule has 1 aliphatic rings. The second-order valence-corrected chi connectivity index (χ2v) is 6.66. The number of rotatable bonds is 3. The average molecular weight is 328 g/mol. The second kappa shape index (κ2) is 6.63. The minimum atomic E-state index is 0.0404. The van der Waals surface area contributed by atoms with Gasteiger partial charge in [-0.15, -0.1) is 0 Å². The Balaban J connectivity index is 2.00. The van der Waals surface area contributed by atoms with Crippen LogP contribution in [-0.2, 0) is 16.1 Å². The highest BCUT2D eigenvalue weighted by atomic mass is 16.2. The zero-order chi connectivity index (χ0) is 17.3. The van der Waals surface area contributed by atoms with Crippen LogP contribution in [0.1, 0.15) is 31.4 Å². The van der Waals surface area contributed by atoms with Gasteiger partial charge in [0.2, 0.25) is 11.8 Å². The molecule has 0 aliphatic carbocycles. The van der Waals surface area contributed by atoms with Crippen LogP contribution in [0.25, 0.3) is 11.0 Å². The Morgan fingerprint density at radius 3 is 2.88 bits per heavy atom. The minimum Gasteiger partial charge on any atom is -0.347 e. The molecule has 128 valence electrons. The molecule has 1 aliphatic heterocycles. The number of hydrogen-bond acceptors (Lipinski definition) is 3. The number of amides is 2. The van der Waals surface area contributed by atoms with Crippen molar-refractivity contribution in [2.45, 2.75) is 32.2 Å². The van der Waals surface area contributed by atoms with Gasteiger partial charge in [0.1, 0.15) is 12.2 Å². The van der Waals surface area contributed by atoms with E-state index in [9.17, 15) is 9.59 Å². The second-order valence-electron chi connectivity index (χ2n) is 6.66. The molecule has 0 spiro atoms. The van der Waals surface area contributed by atoms with Crippen molar-refractivity contribution in [3.8, 4) is 0 Å². The smallest absolute Gasteiger partial charge is 0.242 e. The molecule has 3 rings (SSSR count). The topological polar surface area (TPSA) is 58.4 Å². The van der Waals surface area contributed by atoms with Crippen LogP contribution in [0, 0.1) is 0 Å². The maximum Gasteiger partial charge on any atom is 0.242 e. The van der Waals surface area contributed by atoms with Crippen LogP contribution >= 0.6 is 0 Å². The normalized spacial score (nSPS) is 18.0. The molecule has 0 N–H and O–H groups in total. The van der Waals surface area contributed by atoms with Crippen LogP contribution in [0.3, 0.4) is 0 Å². The highest BCUT2D eigenvalue weighted by Gasteiger charge is 2.27. The summed E-state index contributed by atoms with van der Waals surface area (Å²) in [5.74, 6) is 0.398. The molecule has 2 amide bonds. The highest BCUT2D eigenvalue weighted by Crippen LogP contribution is 2.31. The quantitative estimate of drug-likeness (QED) is 0.864.